The van der Waals surface area contributed by atoms with E-state index in [2.05, 4.69) is 20.1 Å². The first-order valence-corrected chi connectivity index (χ1v) is 12.4. The molecule has 0 spiro atoms. The highest BCUT2D eigenvalue weighted by Crippen LogP contribution is 2.30. The second kappa shape index (κ2) is 12.4. The zero-order valence-corrected chi connectivity index (χ0v) is 20.9. The lowest BCUT2D eigenvalue weighted by Crippen LogP contribution is -2.47. The summed E-state index contributed by atoms with van der Waals surface area (Å²) in [5, 5.41) is 2.99. The van der Waals surface area contributed by atoms with Crippen LogP contribution in [0.25, 0.3) is 0 Å². The molecule has 0 radical (unpaired) electrons. The average molecular weight is 493 g/mol. The number of carbonyl (C=O) groups is 1. The minimum Gasteiger partial charge on any atom is -0.492 e. The highest BCUT2D eigenvalue weighted by atomic mass is 19.1. The molecule has 1 aromatic heterocycles. The lowest BCUT2D eigenvalue weighted by molar-refractivity contribution is 0.0948. The molecule has 0 unspecified atom stereocenters. The van der Waals surface area contributed by atoms with Crippen LogP contribution in [0, 0.1) is 12.7 Å². The fourth-order valence-corrected chi connectivity index (χ4v) is 4.20. The number of aryl methyl sites for hydroxylation is 1. The third-order valence-corrected chi connectivity index (χ3v) is 6.12. The van der Waals surface area contributed by atoms with Crippen LogP contribution in [0.3, 0.4) is 0 Å². The monoisotopic (exact) mass is 492 g/mol. The van der Waals surface area contributed by atoms with E-state index in [1.165, 1.54) is 12.1 Å². The van der Waals surface area contributed by atoms with Gasteiger partial charge in [0.1, 0.15) is 22.9 Å². The number of pyridine rings is 1. The van der Waals surface area contributed by atoms with Crippen molar-refractivity contribution in [2.45, 2.75) is 20.3 Å². The van der Waals surface area contributed by atoms with Gasteiger partial charge in [-0.2, -0.15) is 0 Å². The van der Waals surface area contributed by atoms with Gasteiger partial charge in [0.2, 0.25) is 5.88 Å². The van der Waals surface area contributed by atoms with Crippen molar-refractivity contribution in [3.8, 4) is 17.4 Å². The second-order valence-corrected chi connectivity index (χ2v) is 8.75. The van der Waals surface area contributed by atoms with Gasteiger partial charge in [0, 0.05) is 45.0 Å². The van der Waals surface area contributed by atoms with Gasteiger partial charge in [-0.05, 0) is 63.2 Å². The maximum Gasteiger partial charge on any atom is 0.256 e. The molecular weight excluding hydrogens is 459 g/mol. The van der Waals surface area contributed by atoms with Crippen molar-refractivity contribution in [1.82, 2.24) is 15.2 Å². The van der Waals surface area contributed by atoms with E-state index in [-0.39, 0.29) is 11.7 Å². The van der Waals surface area contributed by atoms with E-state index < -0.39 is 0 Å². The molecule has 1 aliphatic heterocycles. The Kier molecular flexibility index (Phi) is 8.73. The minimum atomic E-state index is -0.289. The molecule has 1 fully saturated rings. The number of amides is 1. The van der Waals surface area contributed by atoms with Crippen LogP contribution < -0.4 is 19.7 Å². The highest BCUT2D eigenvalue weighted by molar-refractivity contribution is 5.96. The first-order chi connectivity index (χ1) is 17.5. The summed E-state index contributed by atoms with van der Waals surface area (Å²) in [5.74, 6) is 1.04. The van der Waals surface area contributed by atoms with E-state index >= 15 is 0 Å². The SMILES string of the molecule is CCOc1cc(F)ccc1N1CCN(CCCNC(=O)c2cccnc2Oc2ccc(C)cc2)CC1. The summed E-state index contributed by atoms with van der Waals surface area (Å²) in [6, 6.07) is 15.8. The Morgan fingerprint density at radius 1 is 1.08 bits per heavy atom. The molecule has 0 aliphatic carbocycles. The molecule has 190 valence electrons. The lowest BCUT2D eigenvalue weighted by atomic mass is 10.2. The van der Waals surface area contributed by atoms with Gasteiger partial charge in [-0.25, -0.2) is 9.37 Å². The number of carbonyl (C=O) groups excluding carboxylic acids is 1. The largest absolute Gasteiger partial charge is 0.492 e. The highest BCUT2D eigenvalue weighted by Gasteiger charge is 2.20. The van der Waals surface area contributed by atoms with Gasteiger partial charge in [0.15, 0.2) is 0 Å². The van der Waals surface area contributed by atoms with Gasteiger partial charge < -0.3 is 19.7 Å². The zero-order chi connectivity index (χ0) is 25.3. The molecule has 3 aromatic rings. The Bertz CT molecular complexity index is 1150. The van der Waals surface area contributed by atoms with E-state index in [1.807, 2.05) is 38.1 Å². The molecule has 2 heterocycles. The van der Waals surface area contributed by atoms with Gasteiger partial charge in [0.05, 0.1) is 12.3 Å². The predicted octanol–water partition coefficient (Wildman–Crippen LogP) is 4.66. The number of rotatable bonds is 10. The zero-order valence-electron chi connectivity index (χ0n) is 20.9. The Hall–Kier alpha value is -3.65. The molecule has 1 aliphatic rings. The molecule has 8 heteroatoms. The number of hydrogen-bond acceptors (Lipinski definition) is 6. The summed E-state index contributed by atoms with van der Waals surface area (Å²) in [6.07, 6.45) is 2.45. The number of nitrogens with zero attached hydrogens (tertiary/aromatic N) is 3. The summed E-state index contributed by atoms with van der Waals surface area (Å²) in [6.45, 7) is 9.33. The molecule has 4 rings (SSSR count). The second-order valence-electron chi connectivity index (χ2n) is 8.75. The maximum absolute atomic E-state index is 13.6. The fourth-order valence-electron chi connectivity index (χ4n) is 4.20. The summed E-state index contributed by atoms with van der Waals surface area (Å²) < 4.78 is 25.1. The average Bonchev–Trinajstić information content (AvgIpc) is 2.89. The van der Waals surface area contributed by atoms with Gasteiger partial charge in [-0.1, -0.05) is 17.7 Å². The van der Waals surface area contributed by atoms with Crippen LogP contribution in [-0.4, -0.2) is 61.7 Å². The number of halogens is 1. The number of piperazine rings is 1. The minimum absolute atomic E-state index is 0.199. The molecule has 0 bridgehead atoms. The van der Waals surface area contributed by atoms with E-state index in [0.717, 1.165) is 50.4 Å². The van der Waals surface area contributed by atoms with Crippen molar-refractivity contribution in [3.05, 3.63) is 77.7 Å². The first kappa shape index (κ1) is 25.4. The standard InChI is InChI=1S/C28H33FN4O3/c1-3-35-26-20-22(29)9-12-25(26)33-18-16-32(17-19-33)15-5-14-30-27(34)24-6-4-13-31-28(24)36-23-10-7-21(2)8-11-23/h4,6-13,20H,3,5,14-19H2,1-2H3,(H,30,34). The Morgan fingerprint density at radius 2 is 1.86 bits per heavy atom. The molecular formula is C28H33FN4O3. The summed E-state index contributed by atoms with van der Waals surface area (Å²) in [4.78, 5) is 21.6. The summed E-state index contributed by atoms with van der Waals surface area (Å²) in [5.41, 5.74) is 2.48. The number of nitrogens with one attached hydrogen (secondary N) is 1. The Labute approximate surface area is 211 Å². The normalized spacial score (nSPS) is 13.9. The van der Waals surface area contributed by atoms with Gasteiger partial charge in [0.25, 0.3) is 5.91 Å². The molecule has 1 amide bonds. The summed E-state index contributed by atoms with van der Waals surface area (Å²) >= 11 is 0. The van der Waals surface area contributed by atoms with Crippen molar-refractivity contribution in [2.75, 3.05) is 50.8 Å². The predicted molar refractivity (Wildman–Crippen MR) is 139 cm³/mol. The van der Waals surface area contributed by atoms with Crippen molar-refractivity contribution in [1.29, 1.82) is 0 Å². The van der Waals surface area contributed by atoms with Crippen LogP contribution in [0.5, 0.6) is 17.4 Å². The van der Waals surface area contributed by atoms with E-state index in [4.69, 9.17) is 9.47 Å². The number of hydrogen-bond donors (Lipinski definition) is 1. The van der Waals surface area contributed by atoms with Crippen LogP contribution in [0.1, 0.15) is 29.3 Å². The Balaban J connectivity index is 1.22. The van der Waals surface area contributed by atoms with Crippen molar-refractivity contribution >= 4 is 11.6 Å². The fraction of sp³-hybridized carbons (Fsp3) is 0.357. The maximum atomic E-state index is 13.6. The number of aromatic nitrogens is 1. The quantitative estimate of drug-likeness (QED) is 0.415. The van der Waals surface area contributed by atoms with E-state index in [0.29, 0.717) is 36.1 Å². The van der Waals surface area contributed by atoms with Gasteiger partial charge >= 0.3 is 0 Å². The molecule has 36 heavy (non-hydrogen) atoms. The van der Waals surface area contributed by atoms with E-state index in [9.17, 15) is 9.18 Å². The van der Waals surface area contributed by atoms with Gasteiger partial charge in [-0.15, -0.1) is 0 Å². The molecule has 0 saturated carbocycles. The van der Waals surface area contributed by atoms with Crippen LogP contribution in [-0.2, 0) is 0 Å². The third-order valence-electron chi connectivity index (χ3n) is 6.12. The third kappa shape index (κ3) is 6.73. The van der Waals surface area contributed by atoms with E-state index in [1.54, 1.807) is 24.4 Å². The topological polar surface area (TPSA) is 66.9 Å². The number of anilines is 1. The number of ether oxygens (including phenoxy) is 2. The first-order valence-electron chi connectivity index (χ1n) is 12.4. The van der Waals surface area contributed by atoms with Crippen LogP contribution in [0.4, 0.5) is 10.1 Å². The van der Waals surface area contributed by atoms with Crippen molar-refractivity contribution < 1.29 is 18.7 Å². The molecule has 1 saturated heterocycles. The van der Waals surface area contributed by atoms with Crippen molar-refractivity contribution in [2.24, 2.45) is 0 Å². The lowest BCUT2D eigenvalue weighted by Gasteiger charge is -2.36. The van der Waals surface area contributed by atoms with Crippen LogP contribution >= 0.6 is 0 Å². The smallest absolute Gasteiger partial charge is 0.256 e. The van der Waals surface area contributed by atoms with Crippen LogP contribution in [0.15, 0.2) is 60.8 Å². The van der Waals surface area contributed by atoms with Gasteiger partial charge in [-0.3, -0.25) is 9.69 Å². The van der Waals surface area contributed by atoms with Crippen molar-refractivity contribution in [3.63, 3.8) is 0 Å². The van der Waals surface area contributed by atoms with Crippen LogP contribution in [0.2, 0.25) is 0 Å². The molecule has 7 nitrogen and oxygen atoms in total. The summed E-state index contributed by atoms with van der Waals surface area (Å²) in [7, 11) is 0. The molecule has 0 atom stereocenters. The molecule has 2 aromatic carbocycles. The number of benzene rings is 2. The molecule has 1 N–H and O–H groups in total. The Morgan fingerprint density at radius 3 is 2.61 bits per heavy atom.